The van der Waals surface area contributed by atoms with E-state index < -0.39 is 0 Å². The molecule has 108 valence electrons. The largest absolute Gasteiger partial charge is 0.391 e. The SMILES string of the molecule is CCCNc1cncc(NCC(O)C(CC)CC)n1. The van der Waals surface area contributed by atoms with E-state index >= 15 is 0 Å². The van der Waals surface area contributed by atoms with Crippen molar-refractivity contribution in [2.75, 3.05) is 23.7 Å². The van der Waals surface area contributed by atoms with Crippen LogP contribution in [0.15, 0.2) is 12.4 Å². The minimum absolute atomic E-state index is 0.335. The molecule has 0 amide bonds. The number of aliphatic hydroxyl groups is 1. The van der Waals surface area contributed by atoms with Gasteiger partial charge in [0.1, 0.15) is 11.6 Å². The van der Waals surface area contributed by atoms with Gasteiger partial charge in [-0.05, 0) is 12.3 Å². The minimum Gasteiger partial charge on any atom is -0.391 e. The van der Waals surface area contributed by atoms with E-state index in [9.17, 15) is 5.11 Å². The van der Waals surface area contributed by atoms with E-state index in [1.807, 2.05) is 0 Å². The molecule has 5 nitrogen and oxygen atoms in total. The Bertz CT molecular complexity index is 355. The third-order valence-electron chi connectivity index (χ3n) is 3.28. The third kappa shape index (κ3) is 5.42. The Labute approximate surface area is 115 Å². The van der Waals surface area contributed by atoms with E-state index in [2.05, 4.69) is 41.4 Å². The molecule has 0 saturated carbocycles. The first-order valence-electron chi connectivity index (χ1n) is 7.19. The molecule has 1 heterocycles. The zero-order valence-corrected chi connectivity index (χ0v) is 12.2. The van der Waals surface area contributed by atoms with Gasteiger partial charge in [-0.1, -0.05) is 33.6 Å². The maximum atomic E-state index is 10.1. The summed E-state index contributed by atoms with van der Waals surface area (Å²) < 4.78 is 0. The van der Waals surface area contributed by atoms with Gasteiger partial charge >= 0.3 is 0 Å². The zero-order chi connectivity index (χ0) is 14.1. The summed E-state index contributed by atoms with van der Waals surface area (Å²) in [6.07, 6.45) is 6.07. The van der Waals surface area contributed by atoms with Crippen LogP contribution in [0.2, 0.25) is 0 Å². The van der Waals surface area contributed by atoms with Crippen LogP contribution in [0.3, 0.4) is 0 Å². The van der Waals surface area contributed by atoms with Crippen molar-refractivity contribution in [3.8, 4) is 0 Å². The van der Waals surface area contributed by atoms with Crippen molar-refractivity contribution in [2.45, 2.75) is 46.1 Å². The Morgan fingerprint density at radius 3 is 2.32 bits per heavy atom. The highest BCUT2D eigenvalue weighted by molar-refractivity contribution is 5.41. The zero-order valence-electron chi connectivity index (χ0n) is 12.2. The van der Waals surface area contributed by atoms with Crippen molar-refractivity contribution in [1.29, 1.82) is 0 Å². The highest BCUT2D eigenvalue weighted by Crippen LogP contribution is 2.14. The number of nitrogens with zero attached hydrogens (tertiary/aromatic N) is 2. The van der Waals surface area contributed by atoms with Gasteiger partial charge in [0, 0.05) is 13.1 Å². The van der Waals surface area contributed by atoms with Crippen LogP contribution in [0.4, 0.5) is 11.6 Å². The quantitative estimate of drug-likeness (QED) is 0.640. The van der Waals surface area contributed by atoms with Gasteiger partial charge in [-0.3, -0.25) is 4.98 Å². The fraction of sp³-hybridized carbons (Fsp3) is 0.714. The van der Waals surface area contributed by atoms with Crippen LogP contribution in [0.1, 0.15) is 40.0 Å². The fourth-order valence-corrected chi connectivity index (χ4v) is 2.00. The van der Waals surface area contributed by atoms with Gasteiger partial charge in [0.2, 0.25) is 0 Å². The maximum absolute atomic E-state index is 10.1. The maximum Gasteiger partial charge on any atom is 0.147 e. The lowest BCUT2D eigenvalue weighted by molar-refractivity contribution is 0.114. The van der Waals surface area contributed by atoms with Crippen LogP contribution in [0.5, 0.6) is 0 Å². The smallest absolute Gasteiger partial charge is 0.147 e. The molecule has 0 aliphatic rings. The van der Waals surface area contributed by atoms with Gasteiger partial charge in [-0.15, -0.1) is 0 Å². The van der Waals surface area contributed by atoms with E-state index in [0.29, 0.717) is 18.3 Å². The molecule has 1 atom stereocenters. The lowest BCUT2D eigenvalue weighted by atomic mass is 9.97. The van der Waals surface area contributed by atoms with Gasteiger partial charge in [0.05, 0.1) is 18.5 Å². The van der Waals surface area contributed by atoms with E-state index in [4.69, 9.17) is 0 Å². The van der Waals surface area contributed by atoms with E-state index in [1.54, 1.807) is 12.4 Å². The van der Waals surface area contributed by atoms with Gasteiger partial charge in [-0.2, -0.15) is 0 Å². The van der Waals surface area contributed by atoms with Gasteiger partial charge in [-0.25, -0.2) is 4.98 Å². The van der Waals surface area contributed by atoms with Crippen molar-refractivity contribution < 1.29 is 5.11 Å². The normalized spacial score (nSPS) is 12.5. The molecular weight excluding hydrogens is 240 g/mol. The Morgan fingerprint density at radius 1 is 1.11 bits per heavy atom. The number of nitrogens with one attached hydrogen (secondary N) is 2. The number of aliphatic hydroxyl groups excluding tert-OH is 1. The fourth-order valence-electron chi connectivity index (χ4n) is 2.00. The summed E-state index contributed by atoms with van der Waals surface area (Å²) in [5.74, 6) is 1.80. The number of hydrogen-bond acceptors (Lipinski definition) is 5. The first kappa shape index (κ1) is 15.7. The van der Waals surface area contributed by atoms with Crippen LogP contribution in [0.25, 0.3) is 0 Å². The first-order chi connectivity index (χ1) is 9.21. The summed E-state index contributed by atoms with van der Waals surface area (Å²) >= 11 is 0. The molecule has 0 saturated heterocycles. The van der Waals surface area contributed by atoms with Crippen molar-refractivity contribution >= 4 is 11.6 Å². The Kier molecular flexibility index (Phi) is 7.18. The second-order valence-electron chi connectivity index (χ2n) is 4.74. The lowest BCUT2D eigenvalue weighted by Crippen LogP contribution is -2.28. The Hall–Kier alpha value is -1.36. The number of aromatic nitrogens is 2. The van der Waals surface area contributed by atoms with Gasteiger partial charge in [0.15, 0.2) is 0 Å². The molecule has 0 aliphatic carbocycles. The topological polar surface area (TPSA) is 70.1 Å². The molecule has 0 aromatic carbocycles. The van der Waals surface area contributed by atoms with Crippen molar-refractivity contribution in [1.82, 2.24) is 9.97 Å². The minimum atomic E-state index is -0.343. The van der Waals surface area contributed by atoms with Crippen molar-refractivity contribution in [2.24, 2.45) is 5.92 Å². The summed E-state index contributed by atoms with van der Waals surface area (Å²) in [7, 11) is 0. The second kappa shape index (κ2) is 8.69. The molecule has 3 N–H and O–H groups in total. The average molecular weight is 266 g/mol. The van der Waals surface area contributed by atoms with E-state index in [1.165, 1.54) is 0 Å². The number of hydrogen-bond donors (Lipinski definition) is 3. The third-order valence-corrected chi connectivity index (χ3v) is 3.28. The van der Waals surface area contributed by atoms with Crippen LogP contribution in [-0.4, -0.2) is 34.3 Å². The molecule has 0 aliphatic heterocycles. The molecular formula is C14H26N4O. The molecule has 19 heavy (non-hydrogen) atoms. The monoisotopic (exact) mass is 266 g/mol. The van der Waals surface area contributed by atoms with Crippen molar-refractivity contribution in [3.63, 3.8) is 0 Å². The van der Waals surface area contributed by atoms with E-state index in [-0.39, 0.29) is 6.10 Å². The van der Waals surface area contributed by atoms with Crippen LogP contribution >= 0.6 is 0 Å². The van der Waals surface area contributed by atoms with Crippen molar-refractivity contribution in [3.05, 3.63) is 12.4 Å². The second-order valence-corrected chi connectivity index (χ2v) is 4.74. The molecule has 1 rings (SSSR count). The molecule has 0 spiro atoms. The lowest BCUT2D eigenvalue weighted by Gasteiger charge is -2.20. The molecule has 0 fully saturated rings. The standard InChI is InChI=1S/C14H26N4O/c1-4-7-16-13-9-15-10-14(18-13)17-8-12(19)11(5-2)6-3/h9-12,19H,4-8H2,1-3H3,(H2,16,17,18). The number of anilines is 2. The Morgan fingerprint density at radius 2 is 1.74 bits per heavy atom. The summed E-state index contributed by atoms with van der Waals surface area (Å²) in [4.78, 5) is 8.53. The van der Waals surface area contributed by atoms with Crippen LogP contribution < -0.4 is 10.6 Å². The van der Waals surface area contributed by atoms with Gasteiger partial charge < -0.3 is 15.7 Å². The summed E-state index contributed by atoms with van der Waals surface area (Å²) in [5, 5.41) is 16.4. The molecule has 1 aromatic rings. The van der Waals surface area contributed by atoms with Crippen LogP contribution in [-0.2, 0) is 0 Å². The molecule has 0 radical (unpaired) electrons. The number of rotatable bonds is 9. The first-order valence-corrected chi connectivity index (χ1v) is 7.19. The predicted molar refractivity (Wildman–Crippen MR) is 79.4 cm³/mol. The molecule has 1 unspecified atom stereocenters. The summed E-state index contributed by atoms with van der Waals surface area (Å²) in [6.45, 7) is 7.71. The molecule has 0 bridgehead atoms. The highest BCUT2D eigenvalue weighted by Gasteiger charge is 2.15. The highest BCUT2D eigenvalue weighted by atomic mass is 16.3. The van der Waals surface area contributed by atoms with Crippen LogP contribution in [0, 0.1) is 5.92 Å². The van der Waals surface area contributed by atoms with E-state index in [0.717, 1.165) is 31.6 Å². The predicted octanol–water partition coefficient (Wildman–Crippen LogP) is 2.51. The summed E-state index contributed by atoms with van der Waals surface area (Å²) in [6, 6.07) is 0. The van der Waals surface area contributed by atoms with Gasteiger partial charge in [0.25, 0.3) is 0 Å². The molecule has 5 heteroatoms. The Balaban J connectivity index is 2.48. The average Bonchev–Trinajstić information content (AvgIpc) is 2.44. The summed E-state index contributed by atoms with van der Waals surface area (Å²) in [5.41, 5.74) is 0. The molecule has 1 aromatic heterocycles.